The average Bonchev–Trinajstić information content (AvgIpc) is 2.49. The lowest BCUT2D eigenvalue weighted by Gasteiger charge is -2.48. The third kappa shape index (κ3) is 3.95. The fourth-order valence-electron chi connectivity index (χ4n) is 4.41. The van der Waals surface area contributed by atoms with Crippen molar-refractivity contribution in [3.05, 3.63) is 34.9 Å². The quantitative estimate of drug-likeness (QED) is 0.577. The first-order valence-electron chi connectivity index (χ1n) is 9.11. The molecule has 1 unspecified atom stereocenters. The zero-order valence-electron chi connectivity index (χ0n) is 15.2. The molecule has 0 spiro atoms. The summed E-state index contributed by atoms with van der Waals surface area (Å²) in [4.78, 5) is 12.3. The maximum absolute atomic E-state index is 12.3. The SMILES string of the molecule is CCC[N+]1(CC(=O)OCC)CCCC[C@H]1c1c(C)cccc1C. The van der Waals surface area contributed by atoms with Gasteiger partial charge in [-0.3, -0.25) is 0 Å². The Kier molecular flexibility index (Phi) is 6.23. The number of piperidine rings is 1. The van der Waals surface area contributed by atoms with Crippen LogP contribution in [0.3, 0.4) is 0 Å². The maximum Gasteiger partial charge on any atom is 0.361 e. The molecule has 0 aromatic heterocycles. The van der Waals surface area contributed by atoms with E-state index in [1.165, 1.54) is 36.0 Å². The lowest BCUT2D eigenvalue weighted by atomic mass is 9.86. The summed E-state index contributed by atoms with van der Waals surface area (Å²) < 4.78 is 6.18. The third-order valence-electron chi connectivity index (χ3n) is 5.29. The van der Waals surface area contributed by atoms with E-state index in [4.69, 9.17) is 4.74 Å². The number of carbonyl (C=O) groups excluding carboxylic acids is 1. The van der Waals surface area contributed by atoms with Gasteiger partial charge in [-0.05, 0) is 51.2 Å². The van der Waals surface area contributed by atoms with Crippen LogP contribution >= 0.6 is 0 Å². The largest absolute Gasteiger partial charge is 0.462 e. The zero-order valence-corrected chi connectivity index (χ0v) is 15.2. The summed E-state index contributed by atoms with van der Waals surface area (Å²) in [5.41, 5.74) is 4.18. The van der Waals surface area contributed by atoms with E-state index in [0.29, 0.717) is 19.2 Å². The molecule has 2 atom stereocenters. The van der Waals surface area contributed by atoms with Crippen LogP contribution in [0.1, 0.15) is 62.3 Å². The van der Waals surface area contributed by atoms with Crippen molar-refractivity contribution in [2.45, 2.75) is 59.4 Å². The van der Waals surface area contributed by atoms with Crippen molar-refractivity contribution in [1.82, 2.24) is 0 Å². The van der Waals surface area contributed by atoms with Crippen molar-refractivity contribution in [2.24, 2.45) is 0 Å². The van der Waals surface area contributed by atoms with Gasteiger partial charge in [0, 0.05) is 12.0 Å². The van der Waals surface area contributed by atoms with Crippen molar-refractivity contribution in [2.75, 3.05) is 26.2 Å². The predicted octanol–water partition coefficient (Wildman–Crippen LogP) is 4.32. The summed E-state index contributed by atoms with van der Waals surface area (Å²) >= 11 is 0. The van der Waals surface area contributed by atoms with Gasteiger partial charge >= 0.3 is 5.97 Å². The van der Waals surface area contributed by atoms with Crippen LogP contribution in [0.25, 0.3) is 0 Å². The first kappa shape index (κ1) is 18.0. The first-order valence-corrected chi connectivity index (χ1v) is 9.11. The molecule has 1 aromatic carbocycles. The standard InChI is InChI=1S/C20H32NO2/c1-5-13-21(15-19(22)23-6-2)14-8-7-12-18(21)20-16(3)10-9-11-17(20)4/h9-11,18H,5-8,12-15H2,1-4H3/q+1/t18-,21?/m0/s1. The van der Waals surface area contributed by atoms with Gasteiger partial charge in [0.05, 0.1) is 19.7 Å². The lowest BCUT2D eigenvalue weighted by Crippen LogP contribution is -2.56. The van der Waals surface area contributed by atoms with Crippen LogP contribution in [0.5, 0.6) is 0 Å². The Bertz CT molecular complexity index is 516. The minimum absolute atomic E-state index is 0.0425. The number of quaternary nitrogens is 1. The maximum atomic E-state index is 12.3. The number of benzene rings is 1. The van der Waals surface area contributed by atoms with Crippen LogP contribution in [0, 0.1) is 13.8 Å². The Morgan fingerprint density at radius 2 is 1.91 bits per heavy atom. The van der Waals surface area contributed by atoms with E-state index in [1.807, 2.05) is 6.92 Å². The molecule has 128 valence electrons. The molecule has 0 saturated carbocycles. The highest BCUT2D eigenvalue weighted by atomic mass is 16.5. The van der Waals surface area contributed by atoms with Gasteiger partial charge in [-0.25, -0.2) is 4.79 Å². The Balaban J connectivity index is 2.41. The molecule has 1 saturated heterocycles. The van der Waals surface area contributed by atoms with Crippen molar-refractivity contribution in [1.29, 1.82) is 0 Å². The van der Waals surface area contributed by atoms with Gasteiger partial charge in [0.2, 0.25) is 0 Å². The van der Waals surface area contributed by atoms with E-state index < -0.39 is 0 Å². The van der Waals surface area contributed by atoms with Gasteiger partial charge < -0.3 is 9.22 Å². The lowest BCUT2D eigenvalue weighted by molar-refractivity contribution is -0.955. The highest BCUT2D eigenvalue weighted by molar-refractivity contribution is 5.70. The minimum atomic E-state index is -0.0425. The van der Waals surface area contributed by atoms with Crippen LogP contribution in [0.15, 0.2) is 18.2 Å². The topological polar surface area (TPSA) is 26.3 Å². The third-order valence-corrected chi connectivity index (χ3v) is 5.29. The molecular formula is C20H32NO2+. The van der Waals surface area contributed by atoms with Crippen molar-refractivity contribution >= 4 is 5.97 Å². The van der Waals surface area contributed by atoms with Crippen molar-refractivity contribution in [3.63, 3.8) is 0 Å². The van der Waals surface area contributed by atoms with Gasteiger partial charge in [-0.1, -0.05) is 25.1 Å². The fraction of sp³-hybridized carbons (Fsp3) is 0.650. The first-order chi connectivity index (χ1) is 11.0. The molecular weight excluding hydrogens is 286 g/mol. The number of aryl methyl sites for hydroxylation is 2. The zero-order chi connectivity index (χ0) is 16.9. The summed E-state index contributed by atoms with van der Waals surface area (Å²) in [6.07, 6.45) is 4.73. The monoisotopic (exact) mass is 318 g/mol. The Labute approximate surface area is 141 Å². The molecule has 0 amide bonds. The molecule has 2 rings (SSSR count). The summed E-state index contributed by atoms with van der Waals surface area (Å²) in [7, 11) is 0. The van der Waals surface area contributed by atoms with Crippen LogP contribution in [-0.4, -0.2) is 36.7 Å². The van der Waals surface area contributed by atoms with Gasteiger partial charge in [0.1, 0.15) is 6.04 Å². The number of hydrogen-bond donors (Lipinski definition) is 0. The van der Waals surface area contributed by atoms with Gasteiger partial charge in [0.25, 0.3) is 0 Å². The van der Waals surface area contributed by atoms with E-state index in [1.54, 1.807) is 0 Å². The highest BCUT2D eigenvalue weighted by Gasteiger charge is 2.42. The number of rotatable bonds is 6. The second kappa shape index (κ2) is 7.96. The second-order valence-corrected chi connectivity index (χ2v) is 6.95. The molecule has 1 aromatic rings. The van der Waals surface area contributed by atoms with Crippen LogP contribution in [0.4, 0.5) is 0 Å². The molecule has 1 fully saturated rings. The number of carbonyl (C=O) groups is 1. The fourth-order valence-corrected chi connectivity index (χ4v) is 4.41. The number of hydrogen-bond acceptors (Lipinski definition) is 2. The number of likely N-dealkylation sites (tertiary alicyclic amines) is 1. The Hall–Kier alpha value is -1.35. The summed E-state index contributed by atoms with van der Waals surface area (Å²) in [5, 5.41) is 0. The van der Waals surface area contributed by atoms with E-state index in [2.05, 4.69) is 39.0 Å². The molecule has 0 radical (unpaired) electrons. The van der Waals surface area contributed by atoms with Crippen molar-refractivity contribution in [3.8, 4) is 0 Å². The van der Waals surface area contributed by atoms with E-state index in [0.717, 1.165) is 24.0 Å². The van der Waals surface area contributed by atoms with E-state index in [9.17, 15) is 4.79 Å². The Morgan fingerprint density at radius 3 is 2.52 bits per heavy atom. The van der Waals surface area contributed by atoms with Gasteiger partial charge in [0.15, 0.2) is 6.54 Å². The summed E-state index contributed by atoms with van der Waals surface area (Å²) in [5.74, 6) is -0.0425. The molecule has 0 N–H and O–H groups in total. The average molecular weight is 318 g/mol. The minimum Gasteiger partial charge on any atom is -0.462 e. The molecule has 1 aliphatic heterocycles. The van der Waals surface area contributed by atoms with Crippen LogP contribution in [-0.2, 0) is 9.53 Å². The van der Waals surface area contributed by atoms with Crippen LogP contribution in [0.2, 0.25) is 0 Å². The summed E-state index contributed by atoms with van der Waals surface area (Å²) in [6.45, 7) is 11.7. The predicted molar refractivity (Wildman–Crippen MR) is 94.3 cm³/mol. The molecule has 3 nitrogen and oxygen atoms in total. The Morgan fingerprint density at radius 1 is 1.22 bits per heavy atom. The second-order valence-electron chi connectivity index (χ2n) is 6.95. The number of nitrogens with zero attached hydrogens (tertiary/aromatic N) is 1. The molecule has 1 aliphatic rings. The van der Waals surface area contributed by atoms with Crippen LogP contribution < -0.4 is 0 Å². The molecule has 1 heterocycles. The van der Waals surface area contributed by atoms with Gasteiger partial charge in [-0.2, -0.15) is 0 Å². The van der Waals surface area contributed by atoms with Crippen molar-refractivity contribution < 1.29 is 14.0 Å². The number of ether oxygens (including phenoxy) is 1. The van der Waals surface area contributed by atoms with E-state index >= 15 is 0 Å². The van der Waals surface area contributed by atoms with E-state index in [-0.39, 0.29) is 5.97 Å². The highest BCUT2D eigenvalue weighted by Crippen LogP contribution is 2.40. The van der Waals surface area contributed by atoms with Gasteiger partial charge in [-0.15, -0.1) is 0 Å². The molecule has 0 aliphatic carbocycles. The number of esters is 1. The smallest absolute Gasteiger partial charge is 0.361 e. The molecule has 3 heteroatoms. The molecule has 0 bridgehead atoms. The molecule has 23 heavy (non-hydrogen) atoms. The normalized spacial score (nSPS) is 24.4. The summed E-state index contributed by atoms with van der Waals surface area (Å²) in [6, 6.07) is 6.98.